The molecule has 1 heterocycles. The Hall–Kier alpha value is -0.540. The molecule has 0 spiro atoms. The van der Waals surface area contributed by atoms with Gasteiger partial charge in [0.15, 0.2) is 0 Å². The second-order valence-electron chi connectivity index (χ2n) is 4.19. The third-order valence-electron chi connectivity index (χ3n) is 3.11. The molecule has 2 nitrogen and oxygen atoms in total. The van der Waals surface area contributed by atoms with Gasteiger partial charge >= 0.3 is 0 Å². The van der Waals surface area contributed by atoms with Crippen LogP contribution in [0.25, 0.3) is 0 Å². The van der Waals surface area contributed by atoms with E-state index in [0.29, 0.717) is 11.7 Å². The van der Waals surface area contributed by atoms with Crippen molar-refractivity contribution in [2.75, 3.05) is 13.1 Å². The minimum absolute atomic E-state index is 0.393. The maximum Gasteiger partial charge on any atom is 0.119 e. The molecule has 1 fully saturated rings. The quantitative estimate of drug-likeness (QED) is 0.822. The summed E-state index contributed by atoms with van der Waals surface area (Å²) in [4.78, 5) is 0. The summed E-state index contributed by atoms with van der Waals surface area (Å²) in [5.41, 5.74) is 2.15. The molecule has 1 saturated heterocycles. The number of nitrogens with one attached hydrogen (secondary N) is 1. The summed E-state index contributed by atoms with van der Waals surface area (Å²) in [6.07, 6.45) is 2.43. The summed E-state index contributed by atoms with van der Waals surface area (Å²) in [6, 6.07) is 4.03. The molecule has 3 heteroatoms. The van der Waals surface area contributed by atoms with Crippen LogP contribution in [0.4, 0.5) is 0 Å². The van der Waals surface area contributed by atoms with Crippen LogP contribution in [0.5, 0.6) is 5.75 Å². The summed E-state index contributed by atoms with van der Waals surface area (Å²) in [5, 5.41) is 13.2. The molecule has 15 heavy (non-hydrogen) atoms. The van der Waals surface area contributed by atoms with Crippen LogP contribution in [-0.2, 0) is 0 Å². The van der Waals surface area contributed by atoms with Gasteiger partial charge in [-0.1, -0.05) is 15.9 Å². The van der Waals surface area contributed by atoms with E-state index in [4.69, 9.17) is 0 Å². The smallest absolute Gasteiger partial charge is 0.119 e. The molecule has 2 rings (SSSR count). The molecule has 0 radical (unpaired) electrons. The lowest BCUT2D eigenvalue weighted by Crippen LogP contribution is -2.28. The van der Waals surface area contributed by atoms with Crippen LogP contribution < -0.4 is 5.32 Å². The molecular formula is C12H16BrNO. The topological polar surface area (TPSA) is 32.3 Å². The number of piperidine rings is 1. The molecule has 0 saturated carbocycles. The molecular weight excluding hydrogens is 254 g/mol. The van der Waals surface area contributed by atoms with E-state index in [0.717, 1.165) is 23.1 Å². The van der Waals surface area contributed by atoms with Gasteiger partial charge in [-0.2, -0.15) is 0 Å². The van der Waals surface area contributed by atoms with Crippen LogP contribution in [0.15, 0.2) is 16.6 Å². The Bertz CT molecular complexity index is 336. The summed E-state index contributed by atoms with van der Waals surface area (Å²) in [7, 11) is 0. The number of hydrogen-bond acceptors (Lipinski definition) is 2. The lowest BCUT2D eigenvalue weighted by atomic mass is 9.91. The van der Waals surface area contributed by atoms with E-state index in [-0.39, 0.29) is 0 Å². The van der Waals surface area contributed by atoms with E-state index in [1.165, 1.54) is 18.4 Å². The molecule has 1 aromatic carbocycles. The fourth-order valence-corrected chi connectivity index (χ4v) is 2.52. The Morgan fingerprint density at radius 2 is 2.27 bits per heavy atom. The molecule has 0 aliphatic carbocycles. The van der Waals surface area contributed by atoms with Crippen molar-refractivity contribution in [3.8, 4) is 5.75 Å². The van der Waals surface area contributed by atoms with Crippen molar-refractivity contribution in [1.82, 2.24) is 5.32 Å². The number of halogens is 1. The highest BCUT2D eigenvalue weighted by Crippen LogP contribution is 2.32. The average Bonchev–Trinajstić information content (AvgIpc) is 2.26. The molecule has 0 bridgehead atoms. The van der Waals surface area contributed by atoms with Gasteiger partial charge < -0.3 is 10.4 Å². The maximum atomic E-state index is 9.76. The molecule has 1 atom stereocenters. The number of aromatic hydroxyl groups is 1. The normalized spacial score (nSPS) is 21.6. The van der Waals surface area contributed by atoms with Gasteiger partial charge in [0.1, 0.15) is 5.75 Å². The van der Waals surface area contributed by atoms with Gasteiger partial charge in [0.05, 0.1) is 0 Å². The summed E-state index contributed by atoms with van der Waals surface area (Å²) < 4.78 is 1.00. The molecule has 1 aliphatic rings. The zero-order valence-electron chi connectivity index (χ0n) is 8.89. The molecule has 1 aliphatic heterocycles. The van der Waals surface area contributed by atoms with E-state index in [1.807, 2.05) is 13.0 Å². The van der Waals surface area contributed by atoms with Crippen LogP contribution in [-0.4, -0.2) is 18.2 Å². The van der Waals surface area contributed by atoms with E-state index >= 15 is 0 Å². The Labute approximate surface area is 98.8 Å². The van der Waals surface area contributed by atoms with Crippen LogP contribution >= 0.6 is 15.9 Å². The lowest BCUT2D eigenvalue weighted by Gasteiger charge is -2.23. The summed E-state index contributed by atoms with van der Waals surface area (Å²) in [6.45, 7) is 4.06. The van der Waals surface area contributed by atoms with E-state index in [2.05, 4.69) is 27.3 Å². The summed E-state index contributed by atoms with van der Waals surface area (Å²) in [5.74, 6) is 0.937. The van der Waals surface area contributed by atoms with Crippen molar-refractivity contribution >= 4 is 15.9 Å². The minimum Gasteiger partial charge on any atom is -0.508 e. The number of rotatable bonds is 1. The second-order valence-corrected chi connectivity index (χ2v) is 5.04. The summed E-state index contributed by atoms with van der Waals surface area (Å²) >= 11 is 3.48. The highest BCUT2D eigenvalue weighted by atomic mass is 79.9. The predicted molar refractivity (Wildman–Crippen MR) is 65.4 cm³/mol. The zero-order chi connectivity index (χ0) is 10.8. The molecule has 82 valence electrons. The fraction of sp³-hybridized carbons (Fsp3) is 0.500. The molecule has 2 N–H and O–H groups in total. The number of phenolic OH excluding ortho intramolecular Hbond substituents is 1. The predicted octanol–water partition coefficient (Wildman–Crippen LogP) is 2.93. The van der Waals surface area contributed by atoms with Gasteiger partial charge in [-0.25, -0.2) is 0 Å². The van der Waals surface area contributed by atoms with Crippen molar-refractivity contribution in [2.45, 2.75) is 25.7 Å². The van der Waals surface area contributed by atoms with Gasteiger partial charge in [-0.05, 0) is 49.9 Å². The van der Waals surface area contributed by atoms with Crippen LogP contribution in [0.1, 0.15) is 29.9 Å². The fourth-order valence-electron chi connectivity index (χ4n) is 2.06. The Morgan fingerprint density at radius 1 is 1.47 bits per heavy atom. The van der Waals surface area contributed by atoms with Gasteiger partial charge in [-0.15, -0.1) is 0 Å². The van der Waals surface area contributed by atoms with Crippen molar-refractivity contribution in [3.05, 3.63) is 27.7 Å². The highest BCUT2D eigenvalue weighted by Gasteiger charge is 2.17. The second kappa shape index (κ2) is 4.54. The largest absolute Gasteiger partial charge is 0.508 e. The van der Waals surface area contributed by atoms with Gasteiger partial charge in [0, 0.05) is 16.6 Å². The highest BCUT2D eigenvalue weighted by molar-refractivity contribution is 9.10. The SMILES string of the molecule is Cc1c(O)cc(C2CCCNC2)cc1Br. The first-order chi connectivity index (χ1) is 7.18. The molecule has 1 unspecified atom stereocenters. The van der Waals surface area contributed by atoms with Gasteiger partial charge in [0.25, 0.3) is 0 Å². The van der Waals surface area contributed by atoms with Crippen LogP contribution in [0.2, 0.25) is 0 Å². The van der Waals surface area contributed by atoms with E-state index in [1.54, 1.807) is 0 Å². The minimum atomic E-state index is 0.393. The number of benzene rings is 1. The van der Waals surface area contributed by atoms with Crippen molar-refractivity contribution in [1.29, 1.82) is 0 Å². The first-order valence-corrected chi connectivity index (χ1v) is 6.17. The van der Waals surface area contributed by atoms with E-state index < -0.39 is 0 Å². The van der Waals surface area contributed by atoms with Crippen molar-refractivity contribution < 1.29 is 5.11 Å². The molecule has 0 amide bonds. The Balaban J connectivity index is 2.27. The molecule has 0 aromatic heterocycles. The Morgan fingerprint density at radius 3 is 2.87 bits per heavy atom. The van der Waals surface area contributed by atoms with Crippen LogP contribution in [0.3, 0.4) is 0 Å². The number of phenols is 1. The zero-order valence-corrected chi connectivity index (χ0v) is 10.5. The maximum absolute atomic E-state index is 9.76. The number of hydrogen-bond donors (Lipinski definition) is 2. The van der Waals surface area contributed by atoms with Crippen molar-refractivity contribution in [3.63, 3.8) is 0 Å². The third-order valence-corrected chi connectivity index (χ3v) is 3.93. The lowest BCUT2D eigenvalue weighted by molar-refractivity contribution is 0.450. The van der Waals surface area contributed by atoms with Crippen LogP contribution in [0, 0.1) is 6.92 Å². The molecule has 1 aromatic rings. The monoisotopic (exact) mass is 269 g/mol. The standard InChI is InChI=1S/C12H16BrNO/c1-8-11(13)5-10(6-12(8)15)9-3-2-4-14-7-9/h5-6,9,14-15H,2-4,7H2,1H3. The Kier molecular flexibility index (Phi) is 3.32. The van der Waals surface area contributed by atoms with Crippen molar-refractivity contribution in [2.24, 2.45) is 0 Å². The first kappa shape index (κ1) is 11.0. The third kappa shape index (κ3) is 2.34. The van der Waals surface area contributed by atoms with E-state index in [9.17, 15) is 5.11 Å². The first-order valence-electron chi connectivity index (χ1n) is 5.38. The van der Waals surface area contributed by atoms with Gasteiger partial charge in [-0.3, -0.25) is 0 Å². The average molecular weight is 270 g/mol. The van der Waals surface area contributed by atoms with Gasteiger partial charge in [0.2, 0.25) is 0 Å².